The molecule has 1 aromatic carbocycles. The molecule has 0 amide bonds. The number of benzene rings is 1. The first-order valence-corrected chi connectivity index (χ1v) is 6.66. The van der Waals surface area contributed by atoms with Gasteiger partial charge in [0, 0.05) is 18.8 Å². The molecule has 3 heteroatoms. The SMILES string of the molecule is CC1(C)CC(=O)c2cc(N3CCCC3)ccc2O1. The molecular weight excluding hydrogens is 226 g/mol. The van der Waals surface area contributed by atoms with E-state index >= 15 is 0 Å². The Morgan fingerprint density at radius 2 is 1.94 bits per heavy atom. The lowest BCUT2D eigenvalue weighted by molar-refractivity contribution is 0.0620. The van der Waals surface area contributed by atoms with Crippen molar-refractivity contribution in [3.8, 4) is 5.75 Å². The second kappa shape index (κ2) is 4.01. The lowest BCUT2D eigenvalue weighted by Gasteiger charge is -2.32. The van der Waals surface area contributed by atoms with Crippen LogP contribution in [0.25, 0.3) is 0 Å². The Morgan fingerprint density at radius 1 is 1.22 bits per heavy atom. The van der Waals surface area contributed by atoms with Crippen LogP contribution in [0.3, 0.4) is 0 Å². The van der Waals surface area contributed by atoms with Crippen LogP contribution in [-0.4, -0.2) is 24.5 Å². The maximum Gasteiger partial charge on any atom is 0.170 e. The van der Waals surface area contributed by atoms with Crippen LogP contribution >= 0.6 is 0 Å². The Kier molecular flexibility index (Phi) is 2.58. The summed E-state index contributed by atoms with van der Waals surface area (Å²) in [6.07, 6.45) is 2.95. The van der Waals surface area contributed by atoms with E-state index in [1.807, 2.05) is 26.0 Å². The van der Waals surface area contributed by atoms with Gasteiger partial charge in [0.15, 0.2) is 5.78 Å². The highest BCUT2D eigenvalue weighted by molar-refractivity contribution is 6.01. The summed E-state index contributed by atoms with van der Waals surface area (Å²) in [7, 11) is 0. The number of rotatable bonds is 1. The lowest BCUT2D eigenvalue weighted by atomic mass is 9.93. The number of hydrogen-bond acceptors (Lipinski definition) is 3. The van der Waals surface area contributed by atoms with E-state index in [1.165, 1.54) is 12.8 Å². The molecule has 2 heterocycles. The van der Waals surface area contributed by atoms with E-state index in [-0.39, 0.29) is 11.4 Å². The molecule has 3 nitrogen and oxygen atoms in total. The van der Waals surface area contributed by atoms with E-state index in [1.54, 1.807) is 0 Å². The van der Waals surface area contributed by atoms with E-state index in [9.17, 15) is 4.79 Å². The zero-order chi connectivity index (χ0) is 12.8. The molecule has 0 radical (unpaired) electrons. The number of ketones is 1. The first-order chi connectivity index (χ1) is 8.55. The van der Waals surface area contributed by atoms with Crippen molar-refractivity contribution in [2.75, 3.05) is 18.0 Å². The van der Waals surface area contributed by atoms with Gasteiger partial charge in [-0.2, -0.15) is 0 Å². The predicted octanol–water partition coefficient (Wildman–Crippen LogP) is 3.03. The minimum atomic E-state index is -0.376. The Morgan fingerprint density at radius 3 is 2.67 bits per heavy atom. The van der Waals surface area contributed by atoms with Gasteiger partial charge in [0.25, 0.3) is 0 Å². The second-order valence-electron chi connectivity index (χ2n) is 5.84. The van der Waals surface area contributed by atoms with E-state index in [0.29, 0.717) is 6.42 Å². The maximum atomic E-state index is 12.2. The Bertz CT molecular complexity index is 487. The van der Waals surface area contributed by atoms with E-state index in [0.717, 1.165) is 30.1 Å². The molecule has 3 rings (SSSR count). The van der Waals surface area contributed by atoms with Gasteiger partial charge in [0.2, 0.25) is 0 Å². The molecule has 0 bridgehead atoms. The summed E-state index contributed by atoms with van der Waals surface area (Å²) in [6, 6.07) is 6.01. The van der Waals surface area contributed by atoms with Gasteiger partial charge < -0.3 is 9.64 Å². The third kappa shape index (κ3) is 1.98. The Labute approximate surface area is 108 Å². The number of hydrogen-bond donors (Lipinski definition) is 0. The third-order valence-corrected chi connectivity index (χ3v) is 3.71. The van der Waals surface area contributed by atoms with Crippen molar-refractivity contribution in [1.29, 1.82) is 0 Å². The van der Waals surface area contributed by atoms with Crippen LogP contribution in [0.2, 0.25) is 0 Å². The summed E-state index contributed by atoms with van der Waals surface area (Å²) in [5.41, 5.74) is 1.53. The molecule has 0 aliphatic carbocycles. The van der Waals surface area contributed by atoms with Crippen LogP contribution in [0.15, 0.2) is 18.2 Å². The molecule has 1 saturated heterocycles. The van der Waals surface area contributed by atoms with Gasteiger partial charge in [-0.1, -0.05) is 0 Å². The monoisotopic (exact) mass is 245 g/mol. The molecule has 2 aliphatic rings. The molecule has 0 aromatic heterocycles. The number of carbonyl (C=O) groups excluding carboxylic acids is 1. The molecule has 18 heavy (non-hydrogen) atoms. The van der Waals surface area contributed by atoms with Crippen molar-refractivity contribution >= 4 is 11.5 Å². The van der Waals surface area contributed by atoms with Gasteiger partial charge in [-0.15, -0.1) is 0 Å². The van der Waals surface area contributed by atoms with Crippen LogP contribution in [0.4, 0.5) is 5.69 Å². The summed E-state index contributed by atoms with van der Waals surface area (Å²) in [6.45, 7) is 6.11. The maximum absolute atomic E-state index is 12.2. The minimum absolute atomic E-state index is 0.197. The standard InChI is InChI=1S/C15H19NO2/c1-15(2)10-13(17)12-9-11(5-6-14(12)18-15)16-7-3-4-8-16/h5-6,9H,3-4,7-8,10H2,1-2H3. The average molecular weight is 245 g/mol. The highest BCUT2D eigenvalue weighted by Crippen LogP contribution is 2.35. The van der Waals surface area contributed by atoms with Gasteiger partial charge in [-0.05, 0) is 44.9 Å². The highest BCUT2D eigenvalue weighted by Gasteiger charge is 2.32. The average Bonchev–Trinajstić information content (AvgIpc) is 2.80. The molecule has 0 atom stereocenters. The van der Waals surface area contributed by atoms with E-state index in [4.69, 9.17) is 4.74 Å². The van der Waals surface area contributed by atoms with Gasteiger partial charge in [0.05, 0.1) is 12.0 Å². The van der Waals surface area contributed by atoms with Crippen molar-refractivity contribution < 1.29 is 9.53 Å². The van der Waals surface area contributed by atoms with Crippen molar-refractivity contribution in [3.05, 3.63) is 23.8 Å². The van der Waals surface area contributed by atoms with Crippen molar-refractivity contribution in [2.45, 2.75) is 38.7 Å². The van der Waals surface area contributed by atoms with Crippen LogP contribution < -0.4 is 9.64 Å². The molecule has 0 spiro atoms. The summed E-state index contributed by atoms with van der Waals surface area (Å²) < 4.78 is 5.87. The largest absolute Gasteiger partial charge is 0.487 e. The quantitative estimate of drug-likeness (QED) is 0.761. The number of carbonyl (C=O) groups is 1. The van der Waals surface area contributed by atoms with Gasteiger partial charge >= 0.3 is 0 Å². The second-order valence-corrected chi connectivity index (χ2v) is 5.84. The molecular formula is C15H19NO2. The summed E-state index contributed by atoms with van der Waals surface area (Å²) in [5, 5.41) is 0. The normalized spacial score (nSPS) is 21.7. The fourth-order valence-electron chi connectivity index (χ4n) is 2.81. The van der Waals surface area contributed by atoms with Crippen molar-refractivity contribution in [3.63, 3.8) is 0 Å². The fraction of sp³-hybridized carbons (Fsp3) is 0.533. The third-order valence-electron chi connectivity index (χ3n) is 3.71. The molecule has 0 unspecified atom stereocenters. The van der Waals surface area contributed by atoms with Crippen LogP contribution in [0, 0.1) is 0 Å². The van der Waals surface area contributed by atoms with Crippen LogP contribution in [-0.2, 0) is 0 Å². The van der Waals surface area contributed by atoms with E-state index in [2.05, 4.69) is 11.0 Å². The number of anilines is 1. The van der Waals surface area contributed by atoms with Crippen LogP contribution in [0.1, 0.15) is 43.5 Å². The zero-order valence-corrected chi connectivity index (χ0v) is 11.0. The fourth-order valence-corrected chi connectivity index (χ4v) is 2.81. The van der Waals surface area contributed by atoms with Crippen molar-refractivity contribution in [1.82, 2.24) is 0 Å². The topological polar surface area (TPSA) is 29.5 Å². The number of Topliss-reactive ketones (excluding diaryl/α,β-unsaturated/α-hetero) is 1. The molecule has 2 aliphatic heterocycles. The lowest BCUT2D eigenvalue weighted by Crippen LogP contribution is -2.36. The molecule has 96 valence electrons. The molecule has 1 fully saturated rings. The molecule has 1 aromatic rings. The molecule has 0 saturated carbocycles. The summed E-state index contributed by atoms with van der Waals surface area (Å²) in [5.74, 6) is 0.932. The van der Waals surface area contributed by atoms with Gasteiger partial charge in [0.1, 0.15) is 11.4 Å². The summed E-state index contributed by atoms with van der Waals surface area (Å²) >= 11 is 0. The highest BCUT2D eigenvalue weighted by atomic mass is 16.5. The Balaban J connectivity index is 1.96. The van der Waals surface area contributed by atoms with E-state index < -0.39 is 0 Å². The van der Waals surface area contributed by atoms with Gasteiger partial charge in [-0.3, -0.25) is 4.79 Å². The first-order valence-electron chi connectivity index (χ1n) is 6.66. The number of ether oxygens (including phenoxy) is 1. The first kappa shape index (κ1) is 11.6. The predicted molar refractivity (Wildman–Crippen MR) is 71.5 cm³/mol. The minimum Gasteiger partial charge on any atom is -0.487 e. The zero-order valence-electron chi connectivity index (χ0n) is 11.0. The van der Waals surface area contributed by atoms with Crippen LogP contribution in [0.5, 0.6) is 5.75 Å². The number of nitrogens with zero attached hydrogens (tertiary/aromatic N) is 1. The molecule has 0 N–H and O–H groups in total. The smallest absolute Gasteiger partial charge is 0.170 e. The van der Waals surface area contributed by atoms with Gasteiger partial charge in [-0.25, -0.2) is 0 Å². The van der Waals surface area contributed by atoms with Crippen molar-refractivity contribution in [2.24, 2.45) is 0 Å². The Hall–Kier alpha value is -1.51. The summed E-state index contributed by atoms with van der Waals surface area (Å²) in [4.78, 5) is 14.5. The number of fused-ring (bicyclic) bond motifs is 1.